The summed E-state index contributed by atoms with van der Waals surface area (Å²) in [6.45, 7) is 0. The SMILES string of the molecule is COC(=O)C(F)(F)C(F)(F)C(F)(F)N=O. The van der Waals surface area contributed by atoms with Crippen LogP contribution in [0.4, 0.5) is 26.3 Å². The van der Waals surface area contributed by atoms with Gasteiger partial charge >= 0.3 is 23.9 Å². The molecule has 0 radical (unpaired) electrons. The van der Waals surface area contributed by atoms with Crippen molar-refractivity contribution in [3.63, 3.8) is 0 Å². The molecule has 0 aliphatic rings. The molecule has 88 valence electrons. The summed E-state index contributed by atoms with van der Waals surface area (Å²) in [5, 5.41) is 0.554. The molecular formula is C5H3F6NO3. The van der Waals surface area contributed by atoms with Crippen molar-refractivity contribution in [1.82, 2.24) is 0 Å². The molecule has 0 aliphatic heterocycles. The van der Waals surface area contributed by atoms with Gasteiger partial charge in [-0.1, -0.05) is 0 Å². The van der Waals surface area contributed by atoms with Crippen molar-refractivity contribution >= 4 is 5.97 Å². The Kier molecular flexibility index (Phi) is 3.33. The van der Waals surface area contributed by atoms with E-state index in [4.69, 9.17) is 0 Å². The second kappa shape index (κ2) is 3.66. The van der Waals surface area contributed by atoms with E-state index in [1.54, 1.807) is 0 Å². The van der Waals surface area contributed by atoms with Crippen LogP contribution in [0.15, 0.2) is 5.18 Å². The molecule has 0 aromatic heterocycles. The molecule has 0 N–H and O–H groups in total. The van der Waals surface area contributed by atoms with Crippen LogP contribution >= 0.6 is 0 Å². The number of carbonyl (C=O) groups is 1. The lowest BCUT2D eigenvalue weighted by Crippen LogP contribution is -2.57. The van der Waals surface area contributed by atoms with E-state index in [9.17, 15) is 36.0 Å². The minimum Gasteiger partial charge on any atom is -0.464 e. The van der Waals surface area contributed by atoms with Crippen LogP contribution in [0.2, 0.25) is 0 Å². The Bertz CT molecular complexity index is 278. The first-order valence-electron chi connectivity index (χ1n) is 3.11. The van der Waals surface area contributed by atoms with Crippen molar-refractivity contribution in [2.75, 3.05) is 7.11 Å². The number of halogens is 6. The van der Waals surface area contributed by atoms with E-state index < -0.39 is 23.9 Å². The molecule has 0 rings (SSSR count). The molecule has 0 atom stereocenters. The third-order valence-corrected chi connectivity index (χ3v) is 1.33. The summed E-state index contributed by atoms with van der Waals surface area (Å²) in [7, 11) is 0.290. The highest BCUT2D eigenvalue weighted by molar-refractivity contribution is 5.79. The van der Waals surface area contributed by atoms with Crippen molar-refractivity contribution in [2.24, 2.45) is 5.18 Å². The van der Waals surface area contributed by atoms with E-state index in [0.717, 1.165) is 0 Å². The van der Waals surface area contributed by atoms with Crippen molar-refractivity contribution in [3.8, 4) is 0 Å². The summed E-state index contributed by atoms with van der Waals surface area (Å²) < 4.78 is 76.6. The largest absolute Gasteiger partial charge is 0.464 e. The van der Waals surface area contributed by atoms with Crippen LogP contribution in [0.25, 0.3) is 0 Å². The van der Waals surface area contributed by atoms with Crippen LogP contribution in [0, 0.1) is 4.91 Å². The first-order valence-corrected chi connectivity index (χ1v) is 3.11. The fourth-order valence-electron chi connectivity index (χ4n) is 0.503. The fourth-order valence-corrected chi connectivity index (χ4v) is 0.503. The summed E-state index contributed by atoms with van der Waals surface area (Å²) in [4.78, 5) is 19.4. The molecule has 0 bridgehead atoms. The number of ether oxygens (including phenoxy) is 1. The minimum atomic E-state index is -6.26. The molecule has 0 unspecified atom stereocenters. The van der Waals surface area contributed by atoms with Crippen LogP contribution in [0.3, 0.4) is 0 Å². The fraction of sp³-hybridized carbons (Fsp3) is 0.800. The number of alkyl halides is 6. The normalized spacial score (nSPS) is 13.5. The summed E-state index contributed by atoms with van der Waals surface area (Å²) in [6.07, 6.45) is 0. The second-order valence-corrected chi connectivity index (χ2v) is 2.27. The van der Waals surface area contributed by atoms with Gasteiger partial charge in [-0.15, -0.1) is 4.91 Å². The molecule has 15 heavy (non-hydrogen) atoms. The molecular weight excluding hydrogens is 236 g/mol. The number of esters is 1. The molecule has 4 nitrogen and oxygen atoms in total. The topological polar surface area (TPSA) is 55.7 Å². The Morgan fingerprint density at radius 1 is 1.13 bits per heavy atom. The summed E-state index contributed by atoms with van der Waals surface area (Å²) in [5.41, 5.74) is 0. The average molecular weight is 239 g/mol. The first-order chi connectivity index (χ1) is 6.54. The third-order valence-electron chi connectivity index (χ3n) is 1.33. The van der Waals surface area contributed by atoms with Gasteiger partial charge < -0.3 is 4.74 Å². The molecule has 0 aliphatic carbocycles. The van der Waals surface area contributed by atoms with E-state index in [1.165, 1.54) is 0 Å². The molecule has 10 heteroatoms. The van der Waals surface area contributed by atoms with Crippen LogP contribution in [-0.4, -0.2) is 31.0 Å². The van der Waals surface area contributed by atoms with Crippen molar-refractivity contribution < 1.29 is 35.9 Å². The molecule has 0 aromatic rings. The number of rotatable bonds is 4. The summed E-state index contributed by atoms with van der Waals surface area (Å²) >= 11 is 0. The summed E-state index contributed by atoms with van der Waals surface area (Å²) in [6, 6.07) is -5.91. The van der Waals surface area contributed by atoms with Crippen LogP contribution in [0.1, 0.15) is 0 Å². The van der Waals surface area contributed by atoms with Crippen LogP contribution in [-0.2, 0) is 9.53 Å². The van der Waals surface area contributed by atoms with E-state index in [1.807, 2.05) is 0 Å². The molecule has 0 amide bonds. The van der Waals surface area contributed by atoms with Crippen molar-refractivity contribution in [1.29, 1.82) is 0 Å². The average Bonchev–Trinajstić information content (AvgIpc) is 2.15. The van der Waals surface area contributed by atoms with Crippen LogP contribution in [0.5, 0.6) is 0 Å². The number of carbonyl (C=O) groups excluding carboxylic acids is 1. The van der Waals surface area contributed by atoms with Gasteiger partial charge in [-0.3, -0.25) is 0 Å². The maximum absolute atomic E-state index is 12.4. The monoisotopic (exact) mass is 239 g/mol. The zero-order valence-corrected chi connectivity index (χ0v) is 6.94. The van der Waals surface area contributed by atoms with Gasteiger partial charge in [0.15, 0.2) is 0 Å². The highest BCUT2D eigenvalue weighted by atomic mass is 19.3. The maximum atomic E-state index is 12.4. The Labute approximate surface area is 78.2 Å². The first kappa shape index (κ1) is 13.7. The molecule has 0 saturated heterocycles. The van der Waals surface area contributed by atoms with Gasteiger partial charge in [0.25, 0.3) is 0 Å². The van der Waals surface area contributed by atoms with Gasteiger partial charge in [-0.25, -0.2) is 4.79 Å². The number of nitrogens with zero attached hydrogens (tertiary/aromatic N) is 1. The molecule has 0 fully saturated rings. The Morgan fingerprint density at radius 3 is 1.80 bits per heavy atom. The van der Waals surface area contributed by atoms with Crippen molar-refractivity contribution in [3.05, 3.63) is 4.91 Å². The van der Waals surface area contributed by atoms with Gasteiger partial charge in [0, 0.05) is 5.18 Å². The maximum Gasteiger partial charge on any atom is 0.446 e. The predicted molar refractivity (Wildman–Crippen MR) is 32.7 cm³/mol. The molecule has 0 aromatic carbocycles. The minimum absolute atomic E-state index is 0.290. The van der Waals surface area contributed by atoms with Gasteiger partial charge in [-0.2, -0.15) is 26.3 Å². The number of nitroso groups, excluding NO2 is 1. The number of hydrogen-bond acceptors (Lipinski definition) is 4. The number of methoxy groups -OCH3 is 1. The summed E-state index contributed by atoms with van der Waals surface area (Å²) in [5.74, 6) is -15.0. The van der Waals surface area contributed by atoms with Gasteiger partial charge in [-0.05, 0) is 0 Å². The lowest BCUT2D eigenvalue weighted by molar-refractivity contribution is -0.301. The lowest BCUT2D eigenvalue weighted by atomic mass is 10.1. The Morgan fingerprint density at radius 2 is 1.53 bits per heavy atom. The number of hydrogen-bond donors (Lipinski definition) is 0. The Hall–Kier alpha value is -1.35. The van der Waals surface area contributed by atoms with E-state index in [0.29, 0.717) is 12.3 Å². The predicted octanol–water partition coefficient (Wildman–Crippen LogP) is 1.79. The second-order valence-electron chi connectivity index (χ2n) is 2.27. The Balaban J connectivity index is 5.36. The molecule has 0 saturated carbocycles. The standard InChI is InChI=1S/C5H3F6NO3/c1-15-2(13)3(6,7)4(8,9)5(10,11)12-14/h1H3. The van der Waals surface area contributed by atoms with Gasteiger partial charge in [0.2, 0.25) is 0 Å². The van der Waals surface area contributed by atoms with Gasteiger partial charge in [0.05, 0.1) is 7.11 Å². The van der Waals surface area contributed by atoms with Gasteiger partial charge in [0.1, 0.15) is 0 Å². The zero-order chi connectivity index (χ0) is 12.5. The quantitative estimate of drug-likeness (QED) is 0.325. The van der Waals surface area contributed by atoms with Crippen molar-refractivity contribution in [2.45, 2.75) is 17.9 Å². The highest BCUT2D eigenvalue weighted by Gasteiger charge is 2.77. The highest BCUT2D eigenvalue weighted by Crippen LogP contribution is 2.46. The third kappa shape index (κ3) is 1.88. The lowest BCUT2D eigenvalue weighted by Gasteiger charge is -2.26. The van der Waals surface area contributed by atoms with E-state index >= 15 is 0 Å². The zero-order valence-electron chi connectivity index (χ0n) is 6.94. The smallest absolute Gasteiger partial charge is 0.446 e. The van der Waals surface area contributed by atoms with E-state index in [2.05, 4.69) is 4.74 Å². The van der Waals surface area contributed by atoms with E-state index in [-0.39, 0.29) is 0 Å². The van der Waals surface area contributed by atoms with Crippen LogP contribution < -0.4 is 0 Å². The molecule has 0 heterocycles. The molecule has 0 spiro atoms.